The van der Waals surface area contributed by atoms with Gasteiger partial charge in [0.15, 0.2) is 11.6 Å². The predicted octanol–water partition coefficient (Wildman–Crippen LogP) is 2.18. The number of nitrogens with zero attached hydrogens (tertiary/aromatic N) is 3. The first-order valence-corrected chi connectivity index (χ1v) is 11.8. The highest BCUT2D eigenvalue weighted by atomic mass is 32.2. The maximum atomic E-state index is 13.3. The minimum absolute atomic E-state index is 0.0347. The van der Waals surface area contributed by atoms with Gasteiger partial charge in [0, 0.05) is 18.7 Å². The first-order chi connectivity index (χ1) is 14.5. The highest BCUT2D eigenvalue weighted by molar-refractivity contribution is 7.88. The third-order valence-electron chi connectivity index (χ3n) is 5.74. The summed E-state index contributed by atoms with van der Waals surface area (Å²) in [5.74, 6) is -0.374. The van der Waals surface area contributed by atoms with E-state index in [-0.39, 0.29) is 17.9 Å². The van der Waals surface area contributed by atoms with Crippen molar-refractivity contribution in [3.63, 3.8) is 0 Å². The van der Waals surface area contributed by atoms with E-state index in [1.54, 1.807) is 7.05 Å². The van der Waals surface area contributed by atoms with Gasteiger partial charge in [-0.2, -0.15) is 0 Å². The molecular formula is C21H27FN4O4S. The van der Waals surface area contributed by atoms with E-state index in [1.807, 2.05) is 31.2 Å². The Kier molecular flexibility index (Phi) is 6.73. The molecule has 10 heteroatoms. The Bertz CT molecular complexity index is 1050. The topological polar surface area (TPSA) is 101 Å². The SMILES string of the molecule is CON(C)C(=O)[C@@]1(Cc2cccc(-c3ncc(F)cn3)c2)C[C@@H](C)[C@H](NS(C)(=O)=O)C1. The van der Waals surface area contributed by atoms with E-state index >= 15 is 0 Å². The molecule has 1 amide bonds. The van der Waals surface area contributed by atoms with E-state index in [9.17, 15) is 17.6 Å². The molecule has 0 bridgehead atoms. The number of hydrogen-bond acceptors (Lipinski definition) is 6. The van der Waals surface area contributed by atoms with Crippen LogP contribution >= 0.6 is 0 Å². The fourth-order valence-corrected chi connectivity index (χ4v) is 5.25. The molecule has 1 N–H and O–H groups in total. The van der Waals surface area contributed by atoms with Crippen molar-refractivity contribution in [3.05, 3.63) is 48.0 Å². The Balaban J connectivity index is 1.94. The molecular weight excluding hydrogens is 423 g/mol. The van der Waals surface area contributed by atoms with E-state index in [2.05, 4.69) is 14.7 Å². The van der Waals surface area contributed by atoms with Crippen LogP contribution in [0.5, 0.6) is 0 Å². The van der Waals surface area contributed by atoms with Crippen LogP contribution in [0.2, 0.25) is 0 Å². The molecule has 0 radical (unpaired) electrons. The fourth-order valence-electron chi connectivity index (χ4n) is 4.38. The molecule has 3 atom stereocenters. The molecule has 1 saturated carbocycles. The molecule has 1 aromatic carbocycles. The summed E-state index contributed by atoms with van der Waals surface area (Å²) in [7, 11) is -0.445. The molecule has 1 aromatic heterocycles. The normalized spacial score (nSPS) is 23.6. The summed E-state index contributed by atoms with van der Waals surface area (Å²) in [5.41, 5.74) is 0.738. The zero-order valence-corrected chi connectivity index (χ0v) is 18.8. The summed E-state index contributed by atoms with van der Waals surface area (Å²) >= 11 is 0. The maximum Gasteiger partial charge on any atom is 0.252 e. The second-order valence-electron chi connectivity index (χ2n) is 8.25. The number of rotatable bonds is 7. The maximum absolute atomic E-state index is 13.3. The second-order valence-corrected chi connectivity index (χ2v) is 10.0. The summed E-state index contributed by atoms with van der Waals surface area (Å²) in [4.78, 5) is 26.5. The van der Waals surface area contributed by atoms with E-state index in [1.165, 1.54) is 12.2 Å². The lowest BCUT2D eigenvalue weighted by molar-refractivity contribution is -0.180. The zero-order chi connectivity index (χ0) is 22.8. The number of halogens is 1. The first kappa shape index (κ1) is 23.2. The van der Waals surface area contributed by atoms with Crippen LogP contribution < -0.4 is 4.72 Å². The fraction of sp³-hybridized carbons (Fsp3) is 0.476. The Labute approximate surface area is 181 Å². The van der Waals surface area contributed by atoms with Crippen LogP contribution in [0.3, 0.4) is 0 Å². The lowest BCUT2D eigenvalue weighted by Crippen LogP contribution is -2.43. The monoisotopic (exact) mass is 450 g/mol. The Morgan fingerprint density at radius 2 is 2.00 bits per heavy atom. The number of nitrogens with one attached hydrogen (secondary N) is 1. The lowest BCUT2D eigenvalue weighted by Gasteiger charge is -2.32. The van der Waals surface area contributed by atoms with Gasteiger partial charge in [-0.05, 0) is 36.8 Å². The van der Waals surface area contributed by atoms with E-state index < -0.39 is 21.3 Å². The number of hydrogen-bond donors (Lipinski definition) is 1. The third-order valence-corrected chi connectivity index (χ3v) is 6.47. The number of carbonyl (C=O) groups excluding carboxylic acids is 1. The van der Waals surface area contributed by atoms with Gasteiger partial charge in [-0.3, -0.25) is 9.63 Å². The van der Waals surface area contributed by atoms with Crippen LogP contribution in [-0.2, 0) is 26.1 Å². The molecule has 1 aliphatic carbocycles. The van der Waals surface area contributed by atoms with E-state index in [0.29, 0.717) is 30.7 Å². The molecule has 1 fully saturated rings. The quantitative estimate of drug-likeness (QED) is 0.649. The van der Waals surface area contributed by atoms with Gasteiger partial charge in [-0.15, -0.1) is 0 Å². The number of hydroxylamine groups is 2. The number of amides is 1. The Morgan fingerprint density at radius 1 is 1.32 bits per heavy atom. The molecule has 0 aliphatic heterocycles. The van der Waals surface area contributed by atoms with Crippen LogP contribution in [0.15, 0.2) is 36.7 Å². The van der Waals surface area contributed by atoms with Gasteiger partial charge in [-0.1, -0.05) is 25.1 Å². The van der Waals surface area contributed by atoms with Crippen molar-refractivity contribution in [2.45, 2.75) is 32.2 Å². The summed E-state index contributed by atoms with van der Waals surface area (Å²) in [6, 6.07) is 7.07. The lowest BCUT2D eigenvalue weighted by atomic mass is 9.78. The van der Waals surface area contributed by atoms with Crippen molar-refractivity contribution >= 4 is 15.9 Å². The summed E-state index contributed by atoms with van der Waals surface area (Å²) in [6.45, 7) is 1.94. The van der Waals surface area contributed by atoms with Gasteiger partial charge in [-0.25, -0.2) is 32.6 Å². The zero-order valence-electron chi connectivity index (χ0n) is 18.0. The molecule has 1 heterocycles. The first-order valence-electron chi connectivity index (χ1n) is 9.89. The minimum Gasteiger partial charge on any atom is -0.275 e. The van der Waals surface area contributed by atoms with Crippen molar-refractivity contribution in [2.75, 3.05) is 20.4 Å². The van der Waals surface area contributed by atoms with Gasteiger partial charge >= 0.3 is 0 Å². The largest absolute Gasteiger partial charge is 0.275 e. The summed E-state index contributed by atoms with van der Waals surface area (Å²) < 4.78 is 39.5. The summed E-state index contributed by atoms with van der Waals surface area (Å²) in [6.07, 6.45) is 4.58. The number of benzene rings is 1. The van der Waals surface area contributed by atoms with E-state index in [4.69, 9.17) is 4.84 Å². The highest BCUT2D eigenvalue weighted by Gasteiger charge is 2.50. The van der Waals surface area contributed by atoms with Gasteiger partial charge in [0.05, 0.1) is 31.2 Å². The molecule has 8 nitrogen and oxygen atoms in total. The molecule has 2 aromatic rings. The molecule has 0 saturated heterocycles. The number of carbonyl (C=O) groups is 1. The Morgan fingerprint density at radius 3 is 2.61 bits per heavy atom. The molecule has 168 valence electrons. The standard InChI is InChI=1S/C21H27FN4O4S/c1-14-9-21(20(27)26(2)30-3,11-18(14)25-31(4,28)29)10-15-6-5-7-16(8-15)19-23-12-17(22)13-24-19/h5-8,12-14,18,25H,9-11H2,1-4H3/t14-,18-,21-/m1/s1. The van der Waals surface area contributed by atoms with Crippen molar-refractivity contribution in [1.29, 1.82) is 0 Å². The third kappa shape index (κ3) is 5.44. The number of aromatic nitrogens is 2. The van der Waals surface area contributed by atoms with E-state index in [0.717, 1.165) is 24.2 Å². The van der Waals surface area contributed by atoms with Gasteiger partial charge in [0.1, 0.15) is 0 Å². The molecule has 0 spiro atoms. The molecule has 3 rings (SSSR count). The van der Waals surface area contributed by atoms with Crippen LogP contribution in [0.4, 0.5) is 4.39 Å². The van der Waals surface area contributed by atoms with Crippen LogP contribution in [-0.4, -0.2) is 55.8 Å². The second kappa shape index (κ2) is 8.97. The average Bonchev–Trinajstić information content (AvgIpc) is 3.01. The van der Waals surface area contributed by atoms with Gasteiger partial charge in [0.2, 0.25) is 10.0 Å². The average molecular weight is 451 g/mol. The number of sulfonamides is 1. The van der Waals surface area contributed by atoms with Crippen LogP contribution in [0.25, 0.3) is 11.4 Å². The van der Waals surface area contributed by atoms with Crippen molar-refractivity contribution in [1.82, 2.24) is 19.8 Å². The van der Waals surface area contributed by atoms with Crippen molar-refractivity contribution in [2.24, 2.45) is 11.3 Å². The molecule has 1 aliphatic rings. The van der Waals surface area contributed by atoms with Crippen LogP contribution in [0, 0.1) is 17.2 Å². The summed E-state index contributed by atoms with van der Waals surface area (Å²) in [5, 5.41) is 1.20. The highest BCUT2D eigenvalue weighted by Crippen LogP contribution is 2.46. The van der Waals surface area contributed by atoms with Crippen molar-refractivity contribution < 1.29 is 22.4 Å². The minimum atomic E-state index is -3.41. The van der Waals surface area contributed by atoms with Gasteiger partial charge in [0.25, 0.3) is 5.91 Å². The van der Waals surface area contributed by atoms with Crippen molar-refractivity contribution in [3.8, 4) is 11.4 Å². The van der Waals surface area contributed by atoms with Gasteiger partial charge < -0.3 is 0 Å². The van der Waals surface area contributed by atoms with Crippen LogP contribution in [0.1, 0.15) is 25.3 Å². The molecule has 0 unspecified atom stereocenters. The predicted molar refractivity (Wildman–Crippen MR) is 114 cm³/mol. The Hall–Kier alpha value is -2.43. The smallest absolute Gasteiger partial charge is 0.252 e. The molecule has 31 heavy (non-hydrogen) atoms.